The van der Waals surface area contributed by atoms with Crippen molar-refractivity contribution < 1.29 is 13.9 Å². The van der Waals surface area contributed by atoms with Crippen LogP contribution in [0.15, 0.2) is 78.4 Å². The molecular weight excluding hydrogens is 703 g/mol. The quantitative estimate of drug-likeness (QED) is 0.213. The van der Waals surface area contributed by atoms with Gasteiger partial charge in [-0.1, -0.05) is 62.4 Å². The topological polar surface area (TPSA) is 38.3 Å². The fourth-order valence-electron chi connectivity index (χ4n) is 5.78. The molecule has 6 heteroatoms. The number of Topliss-reactive ketones (excluding diaryl/α,β-unsaturated/α-hetero) is 1. The number of rotatable bonds is 4. The Kier molecular flexibility index (Phi) is 6.74. The summed E-state index contributed by atoms with van der Waals surface area (Å²) in [7, 11) is 0. The van der Waals surface area contributed by atoms with Crippen LogP contribution in [0.1, 0.15) is 49.4 Å². The third-order valence-electron chi connectivity index (χ3n) is 7.42. The number of hydrogen-bond donors (Lipinski definition) is 1. The number of allylic oxidation sites excluding steroid dienone is 1. The fraction of sp³-hybridized carbons (Fsp3) is 0.219. The molecule has 2 aliphatic rings. The molecular formula is C32H26FI2NO2. The van der Waals surface area contributed by atoms with Gasteiger partial charge in [0.2, 0.25) is 0 Å². The largest absolute Gasteiger partial charge is 0.487 e. The summed E-state index contributed by atoms with van der Waals surface area (Å²) in [5.74, 6) is 0.558. The summed E-state index contributed by atoms with van der Waals surface area (Å²) in [5.41, 5.74) is 5.36. The molecule has 0 saturated heterocycles. The lowest BCUT2D eigenvalue weighted by Gasteiger charge is -2.40. The molecule has 0 saturated carbocycles. The van der Waals surface area contributed by atoms with E-state index >= 15 is 0 Å². The SMILES string of the molecule is CC1(C)CC(=O)C2=C(C1)c1c(ccc3ccccc13)N[C@@H]2c1cc(I)cc(I)c1OCc1ccccc1F. The number of fused-ring (bicyclic) bond motifs is 4. The first-order chi connectivity index (χ1) is 18.2. The van der Waals surface area contributed by atoms with Crippen LogP contribution in [0.5, 0.6) is 5.75 Å². The maximum Gasteiger partial charge on any atom is 0.162 e. The van der Waals surface area contributed by atoms with Crippen molar-refractivity contribution in [2.75, 3.05) is 5.32 Å². The molecule has 192 valence electrons. The zero-order valence-electron chi connectivity index (χ0n) is 21.1. The lowest BCUT2D eigenvalue weighted by atomic mass is 9.68. The molecule has 1 aliphatic heterocycles. The van der Waals surface area contributed by atoms with Crippen molar-refractivity contribution in [2.45, 2.75) is 39.3 Å². The Balaban J connectivity index is 1.53. The monoisotopic (exact) mass is 729 g/mol. The van der Waals surface area contributed by atoms with Crippen LogP contribution in [0, 0.1) is 18.4 Å². The van der Waals surface area contributed by atoms with Crippen molar-refractivity contribution in [3.63, 3.8) is 0 Å². The van der Waals surface area contributed by atoms with Gasteiger partial charge in [0, 0.05) is 37.9 Å². The molecule has 0 bridgehead atoms. The van der Waals surface area contributed by atoms with E-state index in [1.54, 1.807) is 12.1 Å². The summed E-state index contributed by atoms with van der Waals surface area (Å²) in [6.07, 6.45) is 1.32. The summed E-state index contributed by atoms with van der Waals surface area (Å²) in [5, 5.41) is 6.04. The van der Waals surface area contributed by atoms with E-state index in [0.717, 1.165) is 52.3 Å². The second-order valence-corrected chi connectivity index (χ2v) is 13.2. The van der Waals surface area contributed by atoms with E-state index in [1.807, 2.05) is 18.2 Å². The zero-order valence-corrected chi connectivity index (χ0v) is 25.4. The van der Waals surface area contributed by atoms with E-state index in [1.165, 1.54) is 6.07 Å². The van der Waals surface area contributed by atoms with Crippen molar-refractivity contribution in [1.29, 1.82) is 0 Å². The summed E-state index contributed by atoms with van der Waals surface area (Å²) in [6, 6.07) is 23.1. The Hall–Kier alpha value is -2.46. The van der Waals surface area contributed by atoms with Crippen molar-refractivity contribution in [3.8, 4) is 5.75 Å². The van der Waals surface area contributed by atoms with Crippen molar-refractivity contribution >= 4 is 73.0 Å². The van der Waals surface area contributed by atoms with Gasteiger partial charge in [0.15, 0.2) is 5.78 Å². The van der Waals surface area contributed by atoms with Gasteiger partial charge in [-0.3, -0.25) is 4.79 Å². The van der Waals surface area contributed by atoms with Gasteiger partial charge in [0.05, 0.1) is 9.61 Å². The number of carbonyl (C=O) groups is 1. The van der Waals surface area contributed by atoms with E-state index in [2.05, 4.69) is 101 Å². The lowest BCUT2D eigenvalue weighted by Crippen LogP contribution is -2.33. The first kappa shape index (κ1) is 25.8. The number of ether oxygens (including phenoxy) is 1. The molecule has 4 aromatic rings. The predicted molar refractivity (Wildman–Crippen MR) is 168 cm³/mol. The number of carbonyl (C=O) groups excluding carboxylic acids is 1. The highest BCUT2D eigenvalue weighted by Gasteiger charge is 2.41. The second kappa shape index (κ2) is 9.93. The van der Waals surface area contributed by atoms with E-state index in [9.17, 15) is 9.18 Å². The average Bonchev–Trinajstić information content (AvgIpc) is 2.87. The second-order valence-electron chi connectivity index (χ2n) is 10.8. The summed E-state index contributed by atoms with van der Waals surface area (Å²) in [4.78, 5) is 13.9. The number of nitrogens with one attached hydrogen (secondary N) is 1. The van der Waals surface area contributed by atoms with Gasteiger partial charge in [0.1, 0.15) is 18.2 Å². The van der Waals surface area contributed by atoms with Crippen LogP contribution < -0.4 is 10.1 Å². The molecule has 0 aromatic heterocycles. The minimum Gasteiger partial charge on any atom is -0.487 e. The molecule has 0 radical (unpaired) electrons. The Morgan fingerprint density at radius 2 is 1.76 bits per heavy atom. The van der Waals surface area contributed by atoms with Crippen LogP contribution in [0.4, 0.5) is 10.1 Å². The van der Waals surface area contributed by atoms with E-state index < -0.39 is 0 Å². The van der Waals surface area contributed by atoms with Gasteiger partial charge in [-0.05, 0) is 97.6 Å². The van der Waals surface area contributed by atoms with Gasteiger partial charge in [0.25, 0.3) is 0 Å². The summed E-state index contributed by atoms with van der Waals surface area (Å²) >= 11 is 4.59. The maximum absolute atomic E-state index is 14.4. The maximum atomic E-state index is 14.4. The van der Waals surface area contributed by atoms with Gasteiger partial charge >= 0.3 is 0 Å². The fourth-order valence-corrected chi connectivity index (χ4v) is 7.83. The summed E-state index contributed by atoms with van der Waals surface area (Å²) in [6.45, 7) is 4.46. The van der Waals surface area contributed by atoms with Crippen LogP contribution in [0.3, 0.4) is 0 Å². The van der Waals surface area contributed by atoms with E-state index in [4.69, 9.17) is 4.74 Å². The molecule has 1 atom stereocenters. The Morgan fingerprint density at radius 3 is 2.58 bits per heavy atom. The predicted octanol–water partition coefficient (Wildman–Crippen LogP) is 9.08. The van der Waals surface area contributed by atoms with Gasteiger partial charge < -0.3 is 10.1 Å². The van der Waals surface area contributed by atoms with Crippen LogP contribution >= 0.6 is 45.2 Å². The molecule has 0 fully saturated rings. The number of hydrogen-bond acceptors (Lipinski definition) is 3. The van der Waals surface area contributed by atoms with Crippen LogP contribution in [0.2, 0.25) is 0 Å². The van der Waals surface area contributed by atoms with E-state index in [0.29, 0.717) is 17.7 Å². The third-order valence-corrected chi connectivity index (χ3v) is 8.84. The molecule has 1 aliphatic carbocycles. The molecule has 38 heavy (non-hydrogen) atoms. The molecule has 0 unspecified atom stereocenters. The lowest BCUT2D eigenvalue weighted by molar-refractivity contribution is -0.118. The highest BCUT2D eigenvalue weighted by molar-refractivity contribution is 14.1. The molecule has 3 nitrogen and oxygen atoms in total. The number of ketones is 1. The van der Waals surface area contributed by atoms with Gasteiger partial charge in [-0.25, -0.2) is 4.39 Å². The number of anilines is 1. The number of halogens is 3. The molecule has 6 rings (SSSR count). The summed E-state index contributed by atoms with van der Waals surface area (Å²) < 4.78 is 22.7. The Labute approximate surface area is 249 Å². The molecule has 1 N–H and O–H groups in total. The van der Waals surface area contributed by atoms with Gasteiger partial charge in [-0.2, -0.15) is 0 Å². The third kappa shape index (κ3) is 4.63. The minimum absolute atomic E-state index is 0.108. The first-order valence-electron chi connectivity index (χ1n) is 12.6. The molecule has 0 amide bonds. The minimum atomic E-state index is -0.360. The highest BCUT2D eigenvalue weighted by atomic mass is 127. The van der Waals surface area contributed by atoms with Crippen LogP contribution in [0.25, 0.3) is 16.3 Å². The Bertz CT molecular complexity index is 1640. The Morgan fingerprint density at radius 1 is 1.00 bits per heavy atom. The molecule has 0 spiro atoms. The zero-order chi connectivity index (χ0) is 26.6. The number of benzene rings is 4. The van der Waals surface area contributed by atoms with Crippen LogP contribution in [-0.2, 0) is 11.4 Å². The van der Waals surface area contributed by atoms with E-state index in [-0.39, 0.29) is 29.7 Å². The molecule has 1 heterocycles. The van der Waals surface area contributed by atoms with Crippen molar-refractivity contribution in [2.24, 2.45) is 5.41 Å². The molecule has 4 aromatic carbocycles. The standard InChI is InChI=1S/C32H26FI2NO2/c1-32(2)15-23-28-21-9-5-3-7-18(21)11-12-26(28)36-30(29(23)27(37)16-32)22-13-20(34)14-25(35)31(22)38-17-19-8-4-6-10-24(19)33/h3-14,30,36H,15-17H2,1-2H3/t30-/m1/s1. The highest BCUT2D eigenvalue weighted by Crippen LogP contribution is 2.53. The first-order valence-corrected chi connectivity index (χ1v) is 14.8. The van der Waals surface area contributed by atoms with Crippen molar-refractivity contribution in [3.05, 3.63) is 108 Å². The average molecular weight is 729 g/mol. The smallest absolute Gasteiger partial charge is 0.162 e. The van der Waals surface area contributed by atoms with Crippen LogP contribution in [-0.4, -0.2) is 5.78 Å². The van der Waals surface area contributed by atoms with Crippen molar-refractivity contribution in [1.82, 2.24) is 0 Å². The normalized spacial score (nSPS) is 18.1. The van der Waals surface area contributed by atoms with Gasteiger partial charge in [-0.15, -0.1) is 0 Å².